The molecule has 0 saturated carbocycles. The first-order valence-corrected chi connectivity index (χ1v) is 6.53. The van der Waals surface area contributed by atoms with Crippen molar-refractivity contribution < 1.29 is 4.39 Å². The SMILES string of the molecule is CCn1ccnc1CC(C)(F)C1CCCNC1. The fourth-order valence-corrected chi connectivity index (χ4v) is 2.61. The van der Waals surface area contributed by atoms with E-state index in [1.807, 2.05) is 10.8 Å². The van der Waals surface area contributed by atoms with E-state index in [4.69, 9.17) is 0 Å². The molecule has 96 valence electrons. The van der Waals surface area contributed by atoms with Crippen LogP contribution in [0.3, 0.4) is 0 Å². The van der Waals surface area contributed by atoms with Crippen molar-refractivity contribution in [2.75, 3.05) is 13.1 Å². The van der Waals surface area contributed by atoms with Gasteiger partial charge in [-0.3, -0.25) is 0 Å². The molecule has 1 aliphatic rings. The minimum absolute atomic E-state index is 0.109. The zero-order chi connectivity index (χ0) is 12.3. The highest BCUT2D eigenvalue weighted by atomic mass is 19.1. The molecule has 1 fully saturated rings. The lowest BCUT2D eigenvalue weighted by Gasteiger charge is -2.33. The summed E-state index contributed by atoms with van der Waals surface area (Å²) in [5.74, 6) is 0.973. The second-order valence-corrected chi connectivity index (χ2v) is 5.13. The molecule has 1 aromatic heterocycles. The van der Waals surface area contributed by atoms with Gasteiger partial charge in [-0.2, -0.15) is 0 Å². The van der Waals surface area contributed by atoms with Crippen LogP contribution >= 0.6 is 0 Å². The highest BCUT2D eigenvalue weighted by Crippen LogP contribution is 2.30. The molecule has 0 radical (unpaired) electrons. The molecular formula is C13H22FN3. The van der Waals surface area contributed by atoms with E-state index < -0.39 is 5.67 Å². The fraction of sp³-hybridized carbons (Fsp3) is 0.769. The first-order valence-electron chi connectivity index (χ1n) is 6.53. The zero-order valence-corrected chi connectivity index (χ0v) is 10.7. The van der Waals surface area contributed by atoms with Crippen molar-refractivity contribution in [1.29, 1.82) is 0 Å². The summed E-state index contributed by atoms with van der Waals surface area (Å²) in [6, 6.07) is 0. The molecule has 0 aliphatic carbocycles. The fourth-order valence-electron chi connectivity index (χ4n) is 2.61. The summed E-state index contributed by atoms with van der Waals surface area (Å²) < 4.78 is 16.8. The lowest BCUT2D eigenvalue weighted by molar-refractivity contribution is 0.0803. The molecule has 2 heterocycles. The topological polar surface area (TPSA) is 29.9 Å². The minimum atomic E-state index is -1.16. The highest BCUT2D eigenvalue weighted by molar-refractivity contribution is 5.00. The van der Waals surface area contributed by atoms with Crippen LogP contribution in [0.15, 0.2) is 12.4 Å². The van der Waals surface area contributed by atoms with Gasteiger partial charge in [-0.05, 0) is 33.2 Å². The van der Waals surface area contributed by atoms with E-state index in [-0.39, 0.29) is 5.92 Å². The number of hydrogen-bond donors (Lipinski definition) is 1. The van der Waals surface area contributed by atoms with E-state index in [0.29, 0.717) is 6.42 Å². The molecule has 3 nitrogen and oxygen atoms in total. The number of aromatic nitrogens is 2. The first-order chi connectivity index (χ1) is 8.13. The van der Waals surface area contributed by atoms with Crippen LogP contribution in [-0.4, -0.2) is 28.3 Å². The van der Waals surface area contributed by atoms with Crippen LogP contribution in [0.2, 0.25) is 0 Å². The maximum Gasteiger partial charge on any atom is 0.119 e. The predicted octanol–water partition coefficient (Wildman–Crippen LogP) is 2.17. The van der Waals surface area contributed by atoms with Crippen LogP contribution in [0, 0.1) is 5.92 Å². The Morgan fingerprint density at radius 2 is 2.47 bits per heavy atom. The monoisotopic (exact) mass is 239 g/mol. The molecule has 1 aromatic rings. The van der Waals surface area contributed by atoms with Gasteiger partial charge >= 0.3 is 0 Å². The van der Waals surface area contributed by atoms with E-state index >= 15 is 0 Å². The molecule has 17 heavy (non-hydrogen) atoms. The summed E-state index contributed by atoms with van der Waals surface area (Å²) in [4.78, 5) is 4.27. The number of nitrogens with zero attached hydrogens (tertiary/aromatic N) is 2. The Hall–Kier alpha value is -0.900. The standard InChI is InChI=1S/C13H22FN3/c1-3-17-8-7-16-12(17)9-13(2,14)11-5-4-6-15-10-11/h7-8,11,15H,3-6,9-10H2,1-2H3. The average Bonchev–Trinajstić information content (AvgIpc) is 2.77. The number of alkyl halides is 1. The lowest BCUT2D eigenvalue weighted by atomic mass is 9.82. The minimum Gasteiger partial charge on any atom is -0.335 e. The summed E-state index contributed by atoms with van der Waals surface area (Å²) >= 11 is 0. The third-order valence-electron chi connectivity index (χ3n) is 3.79. The second kappa shape index (κ2) is 5.17. The Labute approximate surface area is 102 Å². The number of aryl methyl sites for hydroxylation is 1. The van der Waals surface area contributed by atoms with Gasteiger partial charge in [0.15, 0.2) is 0 Å². The van der Waals surface area contributed by atoms with Gasteiger partial charge in [-0.15, -0.1) is 0 Å². The normalized spacial score (nSPS) is 24.5. The molecule has 1 saturated heterocycles. The molecule has 2 atom stereocenters. The van der Waals surface area contributed by atoms with Crippen LogP contribution in [0.4, 0.5) is 4.39 Å². The molecule has 1 aliphatic heterocycles. The highest BCUT2D eigenvalue weighted by Gasteiger charge is 2.36. The Balaban J connectivity index is 2.05. The predicted molar refractivity (Wildman–Crippen MR) is 66.7 cm³/mol. The number of nitrogens with one attached hydrogen (secondary N) is 1. The van der Waals surface area contributed by atoms with Gasteiger partial charge < -0.3 is 9.88 Å². The van der Waals surface area contributed by atoms with Gasteiger partial charge in [0, 0.05) is 37.8 Å². The molecular weight excluding hydrogens is 217 g/mol. The average molecular weight is 239 g/mol. The quantitative estimate of drug-likeness (QED) is 0.872. The summed E-state index contributed by atoms with van der Waals surface area (Å²) in [5, 5.41) is 3.28. The van der Waals surface area contributed by atoms with E-state index in [1.165, 1.54) is 0 Å². The maximum atomic E-state index is 14.8. The van der Waals surface area contributed by atoms with E-state index in [0.717, 1.165) is 38.3 Å². The molecule has 4 heteroatoms. The Morgan fingerprint density at radius 1 is 1.65 bits per heavy atom. The van der Waals surface area contributed by atoms with Crippen LogP contribution in [0.5, 0.6) is 0 Å². The van der Waals surface area contributed by atoms with Crippen molar-refractivity contribution in [3.05, 3.63) is 18.2 Å². The smallest absolute Gasteiger partial charge is 0.119 e. The van der Waals surface area contributed by atoms with Crippen molar-refractivity contribution in [2.24, 2.45) is 5.92 Å². The molecule has 1 N–H and O–H groups in total. The van der Waals surface area contributed by atoms with Gasteiger partial charge in [0.05, 0.1) is 0 Å². The summed E-state index contributed by atoms with van der Waals surface area (Å²) in [7, 11) is 0. The maximum absolute atomic E-state index is 14.8. The van der Waals surface area contributed by atoms with Crippen molar-refractivity contribution in [3.8, 4) is 0 Å². The van der Waals surface area contributed by atoms with Gasteiger partial charge in [-0.1, -0.05) is 0 Å². The van der Waals surface area contributed by atoms with E-state index in [1.54, 1.807) is 13.1 Å². The summed E-state index contributed by atoms with van der Waals surface area (Å²) in [6.07, 6.45) is 6.15. The molecule has 0 aromatic carbocycles. The van der Waals surface area contributed by atoms with Crippen LogP contribution in [0.25, 0.3) is 0 Å². The van der Waals surface area contributed by atoms with Crippen molar-refractivity contribution in [1.82, 2.24) is 14.9 Å². The zero-order valence-electron chi connectivity index (χ0n) is 10.7. The molecule has 2 unspecified atom stereocenters. The number of rotatable bonds is 4. The Bertz CT molecular complexity index is 353. The van der Waals surface area contributed by atoms with E-state index in [2.05, 4.69) is 17.2 Å². The van der Waals surface area contributed by atoms with Gasteiger partial charge in [0.25, 0.3) is 0 Å². The first kappa shape index (κ1) is 12.6. The molecule has 0 amide bonds. The number of imidazole rings is 1. The van der Waals surface area contributed by atoms with Crippen LogP contribution in [0.1, 0.15) is 32.5 Å². The van der Waals surface area contributed by atoms with Gasteiger partial charge in [0.1, 0.15) is 11.5 Å². The lowest BCUT2D eigenvalue weighted by Crippen LogP contribution is -2.43. The van der Waals surface area contributed by atoms with Gasteiger partial charge in [0.2, 0.25) is 0 Å². The van der Waals surface area contributed by atoms with Crippen LogP contribution < -0.4 is 5.32 Å². The number of piperidine rings is 1. The van der Waals surface area contributed by atoms with Crippen molar-refractivity contribution in [3.63, 3.8) is 0 Å². The largest absolute Gasteiger partial charge is 0.335 e. The third-order valence-corrected chi connectivity index (χ3v) is 3.79. The van der Waals surface area contributed by atoms with Crippen molar-refractivity contribution >= 4 is 0 Å². The van der Waals surface area contributed by atoms with Crippen molar-refractivity contribution in [2.45, 2.75) is 45.3 Å². The van der Waals surface area contributed by atoms with Gasteiger partial charge in [-0.25, -0.2) is 9.37 Å². The Kier molecular flexibility index (Phi) is 3.82. The third kappa shape index (κ3) is 2.86. The van der Waals surface area contributed by atoms with Crippen LogP contribution in [-0.2, 0) is 13.0 Å². The number of hydrogen-bond acceptors (Lipinski definition) is 2. The molecule has 0 bridgehead atoms. The summed E-state index contributed by atoms with van der Waals surface area (Å²) in [6.45, 7) is 6.45. The second-order valence-electron chi connectivity index (χ2n) is 5.13. The summed E-state index contributed by atoms with van der Waals surface area (Å²) in [5.41, 5.74) is -1.16. The Morgan fingerprint density at radius 3 is 3.12 bits per heavy atom. The number of halogens is 1. The molecule has 0 spiro atoms. The molecule has 2 rings (SSSR count). The van der Waals surface area contributed by atoms with E-state index in [9.17, 15) is 4.39 Å².